The van der Waals surface area contributed by atoms with E-state index < -0.39 is 11.9 Å². The van der Waals surface area contributed by atoms with Crippen LogP contribution in [0.1, 0.15) is 0 Å². The maximum Gasteiger partial charge on any atom is 0.332 e. The van der Waals surface area contributed by atoms with Crippen molar-refractivity contribution in [1.82, 2.24) is 4.90 Å². The Morgan fingerprint density at radius 2 is 1.88 bits per heavy atom. The number of imide groups is 1. The number of benzene rings is 1. The first-order chi connectivity index (χ1) is 8.09. The number of anilines is 1. The summed E-state index contributed by atoms with van der Waals surface area (Å²) in [6, 6.07) is 8.04. The van der Waals surface area contributed by atoms with Crippen molar-refractivity contribution in [2.45, 2.75) is 0 Å². The van der Waals surface area contributed by atoms with Gasteiger partial charge in [0.1, 0.15) is 13.1 Å². The van der Waals surface area contributed by atoms with E-state index in [9.17, 15) is 14.4 Å². The summed E-state index contributed by atoms with van der Waals surface area (Å²) in [6.07, 6.45) is 0. The number of hydrogen-bond donors (Lipinski definition) is 1. The predicted octanol–water partition coefficient (Wildman–Crippen LogP) is -0.0595. The molecule has 0 aromatic heterocycles. The molecule has 0 radical (unpaired) electrons. The molecule has 2 N–H and O–H groups in total. The third-order valence-corrected chi connectivity index (χ3v) is 2.40. The van der Waals surface area contributed by atoms with Crippen molar-refractivity contribution in [3.05, 3.63) is 30.3 Å². The summed E-state index contributed by atoms with van der Waals surface area (Å²) in [4.78, 5) is 36.5. The maximum atomic E-state index is 11.9. The van der Waals surface area contributed by atoms with Crippen molar-refractivity contribution in [3.63, 3.8) is 0 Å². The van der Waals surface area contributed by atoms with Crippen LogP contribution in [0.4, 0.5) is 10.5 Å². The molecule has 6 heteroatoms. The third-order valence-electron chi connectivity index (χ3n) is 2.40. The molecular formula is C11H11N3O3. The Hall–Kier alpha value is -2.37. The number of nitrogens with zero attached hydrogens (tertiary/aromatic N) is 2. The average molecular weight is 233 g/mol. The van der Waals surface area contributed by atoms with E-state index in [0.29, 0.717) is 5.69 Å². The molecule has 17 heavy (non-hydrogen) atoms. The molecule has 0 bridgehead atoms. The number of rotatable bonds is 3. The highest BCUT2D eigenvalue weighted by molar-refractivity contribution is 6.20. The Bertz CT molecular complexity index is 472. The lowest BCUT2D eigenvalue weighted by Crippen LogP contribution is -2.37. The third kappa shape index (κ3) is 2.10. The van der Waals surface area contributed by atoms with Crippen molar-refractivity contribution >= 4 is 23.5 Å². The highest BCUT2D eigenvalue weighted by atomic mass is 16.2. The molecule has 0 saturated carbocycles. The summed E-state index contributed by atoms with van der Waals surface area (Å²) < 4.78 is 0. The van der Waals surface area contributed by atoms with Crippen LogP contribution in [0.15, 0.2) is 30.3 Å². The molecule has 1 heterocycles. The smallest absolute Gasteiger partial charge is 0.332 e. The Morgan fingerprint density at radius 3 is 2.47 bits per heavy atom. The maximum absolute atomic E-state index is 11.9. The Kier molecular flexibility index (Phi) is 2.78. The Balaban J connectivity index is 2.23. The summed E-state index contributed by atoms with van der Waals surface area (Å²) in [5.74, 6) is -0.997. The normalized spacial score (nSPS) is 15.5. The van der Waals surface area contributed by atoms with Gasteiger partial charge < -0.3 is 10.6 Å². The molecule has 0 atom stereocenters. The lowest BCUT2D eigenvalue weighted by atomic mass is 10.3. The molecule has 6 nitrogen and oxygen atoms in total. The first-order valence-electron chi connectivity index (χ1n) is 5.05. The van der Waals surface area contributed by atoms with Crippen LogP contribution >= 0.6 is 0 Å². The van der Waals surface area contributed by atoms with Crippen LogP contribution in [0.5, 0.6) is 0 Å². The van der Waals surface area contributed by atoms with Crippen molar-refractivity contribution in [2.75, 3.05) is 18.0 Å². The van der Waals surface area contributed by atoms with Crippen LogP contribution in [0.2, 0.25) is 0 Å². The quantitative estimate of drug-likeness (QED) is 0.742. The molecule has 4 amide bonds. The number of urea groups is 1. The lowest BCUT2D eigenvalue weighted by molar-refractivity contribution is -0.119. The topological polar surface area (TPSA) is 83.7 Å². The molecule has 1 saturated heterocycles. The van der Waals surface area contributed by atoms with E-state index in [1.165, 1.54) is 0 Å². The molecule has 0 aliphatic carbocycles. The first-order valence-corrected chi connectivity index (χ1v) is 5.05. The molecule has 2 rings (SSSR count). The summed E-state index contributed by atoms with van der Waals surface area (Å²) in [5.41, 5.74) is 5.50. The molecule has 1 fully saturated rings. The van der Waals surface area contributed by atoms with E-state index in [-0.39, 0.29) is 19.0 Å². The fourth-order valence-corrected chi connectivity index (χ4v) is 1.69. The van der Waals surface area contributed by atoms with Gasteiger partial charge in [0.05, 0.1) is 5.69 Å². The fraction of sp³-hybridized carbons (Fsp3) is 0.182. The van der Waals surface area contributed by atoms with Crippen LogP contribution in [-0.4, -0.2) is 35.8 Å². The van der Waals surface area contributed by atoms with Gasteiger partial charge in [0.15, 0.2) is 0 Å². The average Bonchev–Trinajstić information content (AvgIpc) is 2.54. The summed E-state index contributed by atoms with van der Waals surface area (Å²) in [7, 11) is 0. The van der Waals surface area contributed by atoms with Gasteiger partial charge >= 0.3 is 6.03 Å². The summed E-state index contributed by atoms with van der Waals surface area (Å²) in [6.45, 7) is -0.357. The van der Waals surface area contributed by atoms with Crippen molar-refractivity contribution in [3.8, 4) is 0 Å². The minimum Gasteiger partial charge on any atom is -0.368 e. The zero-order valence-electron chi connectivity index (χ0n) is 9.00. The predicted molar refractivity (Wildman–Crippen MR) is 60.1 cm³/mol. The van der Waals surface area contributed by atoms with E-state index in [1.807, 2.05) is 0 Å². The Morgan fingerprint density at radius 1 is 1.24 bits per heavy atom. The first kappa shape index (κ1) is 11.1. The minimum absolute atomic E-state index is 0.114. The van der Waals surface area contributed by atoms with Gasteiger partial charge in [0, 0.05) is 0 Å². The van der Waals surface area contributed by atoms with Crippen LogP contribution in [0.3, 0.4) is 0 Å². The molecule has 1 aromatic carbocycles. The highest BCUT2D eigenvalue weighted by Crippen LogP contribution is 2.20. The van der Waals surface area contributed by atoms with Gasteiger partial charge in [-0.25, -0.2) is 9.69 Å². The fourth-order valence-electron chi connectivity index (χ4n) is 1.69. The minimum atomic E-state index is -0.638. The molecule has 1 aliphatic heterocycles. The van der Waals surface area contributed by atoms with Crippen LogP contribution in [-0.2, 0) is 9.59 Å². The van der Waals surface area contributed by atoms with Crippen LogP contribution < -0.4 is 10.6 Å². The number of carbonyl (C=O) groups is 3. The van der Waals surface area contributed by atoms with E-state index in [0.717, 1.165) is 9.80 Å². The molecule has 88 valence electrons. The number of hydrogen-bond acceptors (Lipinski definition) is 3. The van der Waals surface area contributed by atoms with Gasteiger partial charge in [-0.3, -0.25) is 9.59 Å². The number of primary amides is 1. The lowest BCUT2D eigenvalue weighted by Gasteiger charge is -2.15. The number of nitrogens with two attached hydrogens (primary N) is 1. The van der Waals surface area contributed by atoms with Gasteiger partial charge in [-0.1, -0.05) is 18.2 Å². The zero-order valence-corrected chi connectivity index (χ0v) is 9.00. The number of amides is 4. The second-order valence-corrected chi connectivity index (χ2v) is 3.67. The van der Waals surface area contributed by atoms with Gasteiger partial charge in [-0.2, -0.15) is 0 Å². The van der Waals surface area contributed by atoms with Crippen molar-refractivity contribution in [2.24, 2.45) is 5.73 Å². The monoisotopic (exact) mass is 233 g/mol. The molecule has 0 unspecified atom stereocenters. The SMILES string of the molecule is NC(=O)CN1CC(=O)N(c2ccccc2)C1=O. The van der Waals surface area contributed by atoms with E-state index in [2.05, 4.69) is 0 Å². The van der Waals surface area contributed by atoms with Crippen molar-refractivity contribution < 1.29 is 14.4 Å². The Labute approximate surface area is 97.6 Å². The zero-order chi connectivity index (χ0) is 12.4. The molecule has 1 aliphatic rings. The summed E-state index contributed by atoms with van der Waals surface area (Å²) >= 11 is 0. The standard InChI is InChI=1S/C11H11N3O3/c12-9(15)6-13-7-10(16)14(11(13)17)8-4-2-1-3-5-8/h1-5H,6-7H2,(H2,12,15). The van der Waals surface area contributed by atoms with Crippen molar-refractivity contribution in [1.29, 1.82) is 0 Å². The number of carbonyl (C=O) groups excluding carboxylic acids is 3. The van der Waals surface area contributed by atoms with E-state index in [4.69, 9.17) is 5.73 Å². The van der Waals surface area contributed by atoms with E-state index in [1.54, 1.807) is 30.3 Å². The van der Waals surface area contributed by atoms with E-state index >= 15 is 0 Å². The molecule has 1 aromatic rings. The highest BCUT2D eigenvalue weighted by Gasteiger charge is 2.37. The second kappa shape index (κ2) is 4.25. The molecular weight excluding hydrogens is 222 g/mol. The molecule has 0 spiro atoms. The van der Waals surface area contributed by atoms with Gasteiger partial charge in [0.25, 0.3) is 5.91 Å². The largest absolute Gasteiger partial charge is 0.368 e. The van der Waals surface area contributed by atoms with Gasteiger partial charge in [0.2, 0.25) is 5.91 Å². The van der Waals surface area contributed by atoms with Crippen LogP contribution in [0, 0.1) is 0 Å². The second-order valence-electron chi connectivity index (χ2n) is 3.67. The van der Waals surface area contributed by atoms with Gasteiger partial charge in [-0.15, -0.1) is 0 Å². The number of para-hydroxylation sites is 1. The van der Waals surface area contributed by atoms with Crippen LogP contribution in [0.25, 0.3) is 0 Å². The summed E-state index contributed by atoms with van der Waals surface area (Å²) in [5, 5.41) is 0. The van der Waals surface area contributed by atoms with Gasteiger partial charge in [-0.05, 0) is 12.1 Å².